The second-order valence-electron chi connectivity index (χ2n) is 5.23. The molecule has 3 nitrogen and oxygen atoms in total. The Hall–Kier alpha value is -0.570. The summed E-state index contributed by atoms with van der Waals surface area (Å²) in [4.78, 5) is 13.8. The summed E-state index contributed by atoms with van der Waals surface area (Å²) < 4.78 is 0. The van der Waals surface area contributed by atoms with Crippen LogP contribution in [0.1, 0.15) is 47.0 Å². The molecule has 1 rings (SSSR count). The average molecular weight is 226 g/mol. The lowest BCUT2D eigenvalue weighted by atomic mass is 10.0. The highest BCUT2D eigenvalue weighted by molar-refractivity contribution is 5.78. The molecule has 0 bridgehead atoms. The van der Waals surface area contributed by atoms with Gasteiger partial charge in [0.25, 0.3) is 0 Å². The number of carbonyl (C=O) groups excluding carboxylic acids is 1. The number of likely N-dealkylation sites (tertiary alicyclic amines) is 1. The quantitative estimate of drug-likeness (QED) is 0.795. The number of hydrogen-bond acceptors (Lipinski definition) is 2. The van der Waals surface area contributed by atoms with Crippen molar-refractivity contribution in [2.45, 2.75) is 59.0 Å². The van der Waals surface area contributed by atoms with Gasteiger partial charge in [-0.3, -0.25) is 4.79 Å². The number of carbonyl (C=O) groups is 1. The number of amides is 1. The van der Waals surface area contributed by atoms with Crippen LogP contribution in [0.2, 0.25) is 0 Å². The van der Waals surface area contributed by atoms with E-state index < -0.39 is 0 Å². The molecule has 0 aromatic rings. The van der Waals surface area contributed by atoms with Gasteiger partial charge in [-0.05, 0) is 26.2 Å². The van der Waals surface area contributed by atoms with Crippen LogP contribution >= 0.6 is 0 Å². The third-order valence-corrected chi connectivity index (χ3v) is 3.43. The van der Waals surface area contributed by atoms with Gasteiger partial charge < -0.3 is 10.2 Å². The number of nitrogens with zero attached hydrogens (tertiary/aromatic N) is 1. The largest absolute Gasteiger partial charge is 0.342 e. The number of nitrogens with one attached hydrogen (secondary N) is 1. The van der Waals surface area contributed by atoms with Crippen molar-refractivity contribution in [3.63, 3.8) is 0 Å². The maximum absolute atomic E-state index is 11.8. The molecule has 0 aliphatic carbocycles. The molecule has 0 aromatic heterocycles. The smallest absolute Gasteiger partial charge is 0.225 e. The third-order valence-electron chi connectivity index (χ3n) is 3.43. The van der Waals surface area contributed by atoms with Crippen LogP contribution in [-0.4, -0.2) is 36.0 Å². The zero-order chi connectivity index (χ0) is 12.1. The molecule has 1 saturated heterocycles. The molecule has 1 amide bonds. The molecule has 0 spiro atoms. The SMILES string of the molecule is CCC(C)NC1CCN(C(=O)C(C)C)CC1. The zero-order valence-corrected chi connectivity index (χ0v) is 11.1. The summed E-state index contributed by atoms with van der Waals surface area (Å²) >= 11 is 0. The zero-order valence-electron chi connectivity index (χ0n) is 11.1. The number of rotatable bonds is 4. The monoisotopic (exact) mass is 226 g/mol. The van der Waals surface area contributed by atoms with Gasteiger partial charge in [0.1, 0.15) is 0 Å². The second-order valence-corrected chi connectivity index (χ2v) is 5.23. The van der Waals surface area contributed by atoms with Crippen molar-refractivity contribution in [1.82, 2.24) is 10.2 Å². The first-order valence-electron chi connectivity index (χ1n) is 6.59. The van der Waals surface area contributed by atoms with Gasteiger partial charge in [-0.1, -0.05) is 20.8 Å². The van der Waals surface area contributed by atoms with E-state index in [0.29, 0.717) is 18.0 Å². The van der Waals surface area contributed by atoms with Crippen molar-refractivity contribution in [3.05, 3.63) is 0 Å². The van der Waals surface area contributed by atoms with Crippen molar-refractivity contribution in [1.29, 1.82) is 0 Å². The Morgan fingerprint density at radius 3 is 2.31 bits per heavy atom. The van der Waals surface area contributed by atoms with Crippen molar-refractivity contribution in [3.8, 4) is 0 Å². The Balaban J connectivity index is 2.31. The van der Waals surface area contributed by atoms with Crippen LogP contribution in [-0.2, 0) is 4.79 Å². The minimum atomic E-state index is 0.138. The molecule has 0 saturated carbocycles. The van der Waals surface area contributed by atoms with Crippen LogP contribution in [0.25, 0.3) is 0 Å². The normalized spacial score (nSPS) is 20.2. The predicted molar refractivity (Wildman–Crippen MR) is 67.3 cm³/mol. The number of piperidine rings is 1. The Labute approximate surface area is 99.6 Å². The van der Waals surface area contributed by atoms with Crippen LogP contribution < -0.4 is 5.32 Å². The summed E-state index contributed by atoms with van der Waals surface area (Å²) in [6, 6.07) is 1.20. The summed E-state index contributed by atoms with van der Waals surface area (Å²) in [5.74, 6) is 0.445. The Bertz CT molecular complexity index is 220. The van der Waals surface area contributed by atoms with E-state index in [1.165, 1.54) is 6.42 Å². The molecule has 3 heteroatoms. The van der Waals surface area contributed by atoms with E-state index >= 15 is 0 Å². The standard InChI is InChI=1S/C13H26N2O/c1-5-11(4)14-12-6-8-15(9-7-12)13(16)10(2)3/h10-12,14H,5-9H2,1-4H3. The van der Waals surface area contributed by atoms with E-state index in [1.807, 2.05) is 18.7 Å². The van der Waals surface area contributed by atoms with Crippen LogP contribution in [0.4, 0.5) is 0 Å². The minimum Gasteiger partial charge on any atom is -0.342 e. The molecule has 1 heterocycles. The van der Waals surface area contributed by atoms with E-state index in [4.69, 9.17) is 0 Å². The van der Waals surface area contributed by atoms with Gasteiger partial charge in [0, 0.05) is 31.1 Å². The van der Waals surface area contributed by atoms with Gasteiger partial charge in [0.2, 0.25) is 5.91 Å². The fourth-order valence-corrected chi connectivity index (χ4v) is 2.15. The van der Waals surface area contributed by atoms with Crippen molar-refractivity contribution in [2.24, 2.45) is 5.92 Å². The topological polar surface area (TPSA) is 32.3 Å². The lowest BCUT2D eigenvalue weighted by molar-refractivity contribution is -0.135. The van der Waals surface area contributed by atoms with Gasteiger partial charge in [-0.2, -0.15) is 0 Å². The summed E-state index contributed by atoms with van der Waals surface area (Å²) in [7, 11) is 0. The molecule has 1 unspecified atom stereocenters. The van der Waals surface area contributed by atoms with Crippen molar-refractivity contribution in [2.75, 3.05) is 13.1 Å². The first-order valence-corrected chi connectivity index (χ1v) is 6.59. The molecule has 0 radical (unpaired) electrons. The first kappa shape index (κ1) is 13.5. The van der Waals surface area contributed by atoms with Crippen LogP contribution in [0.15, 0.2) is 0 Å². The minimum absolute atomic E-state index is 0.138. The molecule has 1 fully saturated rings. The molecule has 1 N–H and O–H groups in total. The van der Waals surface area contributed by atoms with E-state index in [-0.39, 0.29) is 5.92 Å². The van der Waals surface area contributed by atoms with Gasteiger partial charge >= 0.3 is 0 Å². The molecule has 0 aromatic carbocycles. The van der Waals surface area contributed by atoms with Gasteiger partial charge in [-0.25, -0.2) is 0 Å². The fourth-order valence-electron chi connectivity index (χ4n) is 2.15. The Morgan fingerprint density at radius 1 is 1.31 bits per heavy atom. The summed E-state index contributed by atoms with van der Waals surface area (Å²) in [6.45, 7) is 10.2. The summed E-state index contributed by atoms with van der Waals surface area (Å²) in [5, 5.41) is 3.62. The van der Waals surface area contributed by atoms with Crippen LogP contribution in [0.5, 0.6) is 0 Å². The molecule has 1 aliphatic rings. The van der Waals surface area contributed by atoms with E-state index in [2.05, 4.69) is 19.2 Å². The van der Waals surface area contributed by atoms with Gasteiger partial charge in [0.05, 0.1) is 0 Å². The maximum Gasteiger partial charge on any atom is 0.225 e. The number of hydrogen-bond donors (Lipinski definition) is 1. The summed E-state index contributed by atoms with van der Waals surface area (Å²) in [5.41, 5.74) is 0. The predicted octanol–water partition coefficient (Wildman–Crippen LogP) is 2.02. The van der Waals surface area contributed by atoms with E-state index in [9.17, 15) is 4.79 Å². The molecular formula is C13H26N2O. The Kier molecular flexibility index (Phi) is 5.26. The highest BCUT2D eigenvalue weighted by Gasteiger charge is 2.24. The van der Waals surface area contributed by atoms with E-state index in [0.717, 1.165) is 25.9 Å². The van der Waals surface area contributed by atoms with Crippen LogP contribution in [0, 0.1) is 5.92 Å². The maximum atomic E-state index is 11.8. The molecule has 1 atom stereocenters. The highest BCUT2D eigenvalue weighted by Crippen LogP contribution is 2.14. The first-order chi connectivity index (χ1) is 7.54. The fraction of sp³-hybridized carbons (Fsp3) is 0.923. The highest BCUT2D eigenvalue weighted by atomic mass is 16.2. The molecule has 16 heavy (non-hydrogen) atoms. The van der Waals surface area contributed by atoms with E-state index in [1.54, 1.807) is 0 Å². The molecular weight excluding hydrogens is 200 g/mol. The molecule has 1 aliphatic heterocycles. The second kappa shape index (κ2) is 6.24. The lowest BCUT2D eigenvalue weighted by Crippen LogP contribution is -2.48. The van der Waals surface area contributed by atoms with Crippen molar-refractivity contribution < 1.29 is 4.79 Å². The van der Waals surface area contributed by atoms with Gasteiger partial charge in [-0.15, -0.1) is 0 Å². The van der Waals surface area contributed by atoms with Crippen molar-refractivity contribution >= 4 is 5.91 Å². The third kappa shape index (κ3) is 3.78. The average Bonchev–Trinajstić information content (AvgIpc) is 2.28. The van der Waals surface area contributed by atoms with Crippen LogP contribution in [0.3, 0.4) is 0 Å². The summed E-state index contributed by atoms with van der Waals surface area (Å²) in [6.07, 6.45) is 3.37. The molecule has 94 valence electrons. The lowest BCUT2D eigenvalue weighted by Gasteiger charge is -2.34. The Morgan fingerprint density at radius 2 is 1.88 bits per heavy atom. The van der Waals surface area contributed by atoms with Gasteiger partial charge in [0.15, 0.2) is 0 Å².